The van der Waals surface area contributed by atoms with E-state index in [2.05, 4.69) is 26.6 Å². The number of benzene rings is 2. The van der Waals surface area contributed by atoms with Crippen LogP contribution >= 0.6 is 11.6 Å². The van der Waals surface area contributed by atoms with Crippen molar-refractivity contribution in [3.05, 3.63) is 78.9 Å². The first-order valence-corrected chi connectivity index (χ1v) is 12.7. The van der Waals surface area contributed by atoms with Crippen LogP contribution in [0.2, 0.25) is 5.15 Å². The molecule has 2 aromatic carbocycles. The van der Waals surface area contributed by atoms with Crippen molar-refractivity contribution in [1.29, 1.82) is 0 Å². The van der Waals surface area contributed by atoms with E-state index in [4.69, 9.17) is 16.6 Å². The van der Waals surface area contributed by atoms with Crippen LogP contribution in [0, 0.1) is 12.9 Å². The summed E-state index contributed by atoms with van der Waals surface area (Å²) in [5.41, 5.74) is 2.98. The van der Waals surface area contributed by atoms with E-state index < -0.39 is 15.8 Å². The molecule has 4 aromatic rings. The van der Waals surface area contributed by atoms with Crippen molar-refractivity contribution in [1.82, 2.24) is 19.9 Å². The second-order valence-electron chi connectivity index (χ2n) is 8.16. The van der Waals surface area contributed by atoms with E-state index in [1.807, 2.05) is 23.1 Å². The fraction of sp³-hybridized carbons (Fsp3) is 0.167. The maximum absolute atomic E-state index is 13.2. The van der Waals surface area contributed by atoms with E-state index in [-0.39, 0.29) is 48.4 Å². The minimum absolute atomic E-state index is 0. The van der Waals surface area contributed by atoms with Crippen LogP contribution in [0.5, 0.6) is 0 Å². The predicted molar refractivity (Wildman–Crippen MR) is 134 cm³/mol. The smallest absolute Gasteiger partial charge is 0.261 e. The third kappa shape index (κ3) is 5.84. The van der Waals surface area contributed by atoms with Crippen molar-refractivity contribution in [3.8, 4) is 11.1 Å². The van der Waals surface area contributed by atoms with Gasteiger partial charge in [0.15, 0.2) is 5.15 Å². The Bertz CT molecular complexity index is 1500. The van der Waals surface area contributed by atoms with Crippen molar-refractivity contribution < 1.29 is 45.5 Å². The van der Waals surface area contributed by atoms with Crippen LogP contribution in [0.3, 0.4) is 0 Å². The van der Waals surface area contributed by atoms with Crippen LogP contribution in [-0.4, -0.2) is 54.4 Å². The molecule has 1 aliphatic heterocycles. The Kier molecular flexibility index (Phi) is 8.21. The third-order valence-electron chi connectivity index (χ3n) is 5.77. The monoisotopic (exact) mass is 600 g/mol. The second-order valence-corrected chi connectivity index (χ2v) is 10.2. The molecular weight excluding hydrogens is 580 g/mol. The number of aromatic nitrogens is 3. The first-order valence-electron chi connectivity index (χ1n) is 10.8. The van der Waals surface area contributed by atoms with Crippen molar-refractivity contribution in [2.75, 3.05) is 35.8 Å². The molecule has 1 fully saturated rings. The van der Waals surface area contributed by atoms with E-state index in [9.17, 15) is 12.8 Å². The van der Waals surface area contributed by atoms with Gasteiger partial charge in [0.1, 0.15) is 11.6 Å². The second kappa shape index (κ2) is 11.0. The summed E-state index contributed by atoms with van der Waals surface area (Å²) in [6.45, 7) is 3.35. The van der Waals surface area contributed by atoms with Crippen molar-refractivity contribution >= 4 is 44.2 Å². The Morgan fingerprint density at radius 3 is 2.36 bits per heavy atom. The van der Waals surface area contributed by atoms with E-state index >= 15 is 0 Å². The summed E-state index contributed by atoms with van der Waals surface area (Å²) in [7, 11) is -0.0108. The molecule has 5 rings (SSSR count). The molecule has 0 bridgehead atoms. The zero-order chi connectivity index (χ0) is 24.6. The van der Waals surface area contributed by atoms with Crippen molar-refractivity contribution in [2.45, 2.75) is 4.90 Å². The van der Waals surface area contributed by atoms with Gasteiger partial charge in [-0.05, 0) is 61.1 Å². The van der Waals surface area contributed by atoms with Gasteiger partial charge in [0.05, 0.1) is 27.8 Å². The number of rotatable bonds is 5. The maximum Gasteiger partial charge on any atom is 0.261 e. The molecule has 0 saturated carbocycles. The number of fused-ring (bicyclic) bond motifs is 1. The van der Waals surface area contributed by atoms with Gasteiger partial charge in [0.2, 0.25) is 0 Å². The summed E-state index contributed by atoms with van der Waals surface area (Å²) in [5.74, 6) is 0.266. The molecule has 0 amide bonds. The van der Waals surface area contributed by atoms with Crippen molar-refractivity contribution in [3.63, 3.8) is 0 Å². The van der Waals surface area contributed by atoms with Crippen LogP contribution in [0.25, 0.3) is 22.2 Å². The van der Waals surface area contributed by atoms with Crippen LogP contribution in [0.15, 0.2) is 65.8 Å². The number of anilines is 2. The van der Waals surface area contributed by atoms with Crippen LogP contribution in [-0.2, 0) is 42.7 Å². The Labute approximate surface area is 238 Å². The predicted octanol–water partition coefficient (Wildman–Crippen LogP) is 4.20. The van der Waals surface area contributed by atoms with Gasteiger partial charge in [-0.15, -0.1) is 0 Å². The quantitative estimate of drug-likeness (QED) is 0.271. The van der Waals surface area contributed by atoms with Gasteiger partial charge in [0, 0.05) is 57.6 Å². The minimum atomic E-state index is -3.99. The summed E-state index contributed by atoms with van der Waals surface area (Å²) in [6, 6.07) is 11.7. The topological polar surface area (TPSA) is 91.3 Å². The SMILES string of the molecule is [CH2-]N1CCN(c2cnc3ccc(-c4cnc(Cl)c(NS(=O)(=O)c5ccc(F)cc5)c4)cc3n2)CC1.[Y]. The number of halogens is 2. The Hall–Kier alpha value is -2.24. The third-order valence-corrected chi connectivity index (χ3v) is 7.45. The number of nitrogens with zero attached hydrogens (tertiary/aromatic N) is 5. The average molecular weight is 601 g/mol. The number of pyridine rings is 1. The zero-order valence-electron chi connectivity index (χ0n) is 19.1. The van der Waals surface area contributed by atoms with Crippen LogP contribution < -0.4 is 9.62 Å². The Morgan fingerprint density at radius 1 is 0.917 bits per heavy atom. The molecule has 0 aliphatic carbocycles. The molecule has 1 N–H and O–H groups in total. The molecule has 8 nitrogen and oxygen atoms in total. The molecule has 1 radical (unpaired) electrons. The molecule has 0 unspecified atom stereocenters. The van der Waals surface area contributed by atoms with Gasteiger partial charge in [0.25, 0.3) is 10.0 Å². The normalized spacial score (nSPS) is 14.5. The molecule has 2 aromatic heterocycles. The molecule has 1 aliphatic rings. The van der Waals surface area contributed by atoms with Gasteiger partial charge in [-0.2, -0.15) is 0 Å². The molecule has 183 valence electrons. The molecule has 12 heteroatoms. The first kappa shape index (κ1) is 26.8. The summed E-state index contributed by atoms with van der Waals surface area (Å²) >= 11 is 6.18. The van der Waals surface area contributed by atoms with Crippen molar-refractivity contribution in [2.24, 2.45) is 0 Å². The van der Waals surface area contributed by atoms with Gasteiger partial charge in [-0.1, -0.05) is 17.7 Å². The number of piperazine rings is 1. The molecule has 0 atom stereocenters. The van der Waals surface area contributed by atoms with E-state index in [1.54, 1.807) is 18.5 Å². The summed E-state index contributed by atoms with van der Waals surface area (Å²) in [6.07, 6.45) is 3.33. The van der Waals surface area contributed by atoms with E-state index in [0.717, 1.165) is 55.2 Å². The summed E-state index contributed by atoms with van der Waals surface area (Å²) in [4.78, 5) is 17.6. The Morgan fingerprint density at radius 2 is 1.64 bits per heavy atom. The molecule has 1 saturated heterocycles. The first-order chi connectivity index (χ1) is 16.8. The number of nitrogens with one attached hydrogen (secondary N) is 1. The van der Waals surface area contributed by atoms with Gasteiger partial charge >= 0.3 is 0 Å². The van der Waals surface area contributed by atoms with Gasteiger partial charge in [-0.25, -0.2) is 22.8 Å². The fourth-order valence-corrected chi connectivity index (χ4v) is 5.07. The molecule has 0 spiro atoms. The standard InChI is InChI=1S/C24H21ClFN6O2S.Y/c1-31-8-10-32(11-9-31)23-15-27-20-7-2-16(12-21(20)29-23)17-13-22(24(25)28-14-17)30-35(33,34)19-5-3-18(26)4-6-19;/h2-7,12-15,30H,1,8-11H2;/q-1;. The number of hydrogen-bond donors (Lipinski definition) is 1. The minimum Gasteiger partial charge on any atom is -0.456 e. The number of sulfonamides is 1. The molecular formula is C24H21ClFN6O2SY-. The average Bonchev–Trinajstić information content (AvgIpc) is 2.85. The van der Waals surface area contributed by atoms with Crippen LogP contribution in [0.4, 0.5) is 15.9 Å². The Balaban J connectivity index is 0.00000304. The summed E-state index contributed by atoms with van der Waals surface area (Å²) < 4.78 is 41.1. The zero-order valence-corrected chi connectivity index (χ0v) is 23.5. The largest absolute Gasteiger partial charge is 0.456 e. The molecule has 36 heavy (non-hydrogen) atoms. The van der Waals surface area contributed by atoms with Gasteiger partial charge < -0.3 is 9.80 Å². The van der Waals surface area contributed by atoms with Gasteiger partial charge in [-0.3, -0.25) is 16.8 Å². The van der Waals surface area contributed by atoms with E-state index in [1.165, 1.54) is 12.1 Å². The maximum atomic E-state index is 13.2. The van der Waals surface area contributed by atoms with E-state index in [0.29, 0.717) is 11.1 Å². The molecule has 3 heterocycles. The van der Waals surface area contributed by atoms with Crippen LogP contribution in [0.1, 0.15) is 0 Å². The fourth-order valence-electron chi connectivity index (χ4n) is 3.81. The number of hydrogen-bond acceptors (Lipinski definition) is 7. The summed E-state index contributed by atoms with van der Waals surface area (Å²) in [5, 5.41) is -0.00754.